The van der Waals surface area contributed by atoms with E-state index < -0.39 is 12.2 Å². The number of phenolic OH excluding ortho intramolecular Hbond substituents is 1. The number of amides is 2. The lowest BCUT2D eigenvalue weighted by Gasteiger charge is -2.24. The van der Waals surface area contributed by atoms with Gasteiger partial charge in [0.15, 0.2) is 0 Å². The second-order valence-electron chi connectivity index (χ2n) is 8.08. The SMILES string of the molecule is C[C@@H](CC/C=C/C(=O)Nc1ccccc1N)[C@@H](OC(=O)Nc1ccc(Br)cc1)c1ccc(O)cc1. The largest absolute Gasteiger partial charge is 0.508 e. The van der Waals surface area contributed by atoms with Crippen LogP contribution in [0.15, 0.2) is 89.4 Å². The lowest BCUT2D eigenvalue weighted by molar-refractivity contribution is -0.111. The number of carbonyl (C=O) groups is 2. The van der Waals surface area contributed by atoms with Crippen LogP contribution in [0.1, 0.15) is 31.4 Å². The summed E-state index contributed by atoms with van der Waals surface area (Å²) in [6.45, 7) is 1.98. The first-order valence-electron chi connectivity index (χ1n) is 11.2. The molecule has 0 aromatic heterocycles. The zero-order valence-corrected chi connectivity index (χ0v) is 20.9. The maximum atomic E-state index is 12.6. The Kier molecular flexibility index (Phi) is 9.31. The zero-order chi connectivity index (χ0) is 25.2. The minimum absolute atomic E-state index is 0.0623. The molecule has 0 bridgehead atoms. The Morgan fingerprint density at radius 1 is 1.03 bits per heavy atom. The fourth-order valence-corrected chi connectivity index (χ4v) is 3.72. The molecule has 0 saturated heterocycles. The minimum atomic E-state index is -0.576. The number of nitrogens with two attached hydrogens (primary N) is 1. The summed E-state index contributed by atoms with van der Waals surface area (Å²) in [6.07, 6.45) is 3.39. The lowest BCUT2D eigenvalue weighted by atomic mass is 9.93. The highest BCUT2D eigenvalue weighted by Gasteiger charge is 2.23. The number of hydrogen-bond donors (Lipinski definition) is 4. The van der Waals surface area contributed by atoms with Crippen LogP contribution in [-0.4, -0.2) is 17.1 Å². The van der Waals surface area contributed by atoms with Crippen LogP contribution in [0.4, 0.5) is 21.9 Å². The third kappa shape index (κ3) is 8.19. The maximum absolute atomic E-state index is 12.6. The predicted octanol–water partition coefficient (Wildman–Crippen LogP) is 6.64. The summed E-state index contributed by atoms with van der Waals surface area (Å²) in [5.41, 5.74) is 8.29. The van der Waals surface area contributed by atoms with Gasteiger partial charge in [0.1, 0.15) is 11.9 Å². The number of benzene rings is 3. The molecule has 0 radical (unpaired) electrons. The Morgan fingerprint density at radius 2 is 1.71 bits per heavy atom. The van der Waals surface area contributed by atoms with Crippen LogP contribution in [0.25, 0.3) is 0 Å². The van der Waals surface area contributed by atoms with Crippen LogP contribution < -0.4 is 16.4 Å². The van der Waals surface area contributed by atoms with E-state index in [1.54, 1.807) is 66.7 Å². The Bertz CT molecular complexity index is 1160. The standard InChI is InChI=1S/C27H28BrN3O4/c1-18(6-2-5-9-25(33)31-24-8-4-3-7-23(24)29)26(19-10-16-22(32)17-11-19)35-27(34)30-21-14-12-20(28)13-15-21/h3-5,7-18,26,32H,2,6,29H2,1H3,(H,30,34)(H,31,33)/b9-5+/t18-,26+/m0/s1. The van der Waals surface area contributed by atoms with Gasteiger partial charge in [0, 0.05) is 10.2 Å². The van der Waals surface area contributed by atoms with Gasteiger partial charge in [-0.25, -0.2) is 4.79 Å². The highest BCUT2D eigenvalue weighted by molar-refractivity contribution is 9.10. The summed E-state index contributed by atoms with van der Waals surface area (Å²) in [5, 5.41) is 15.1. The molecule has 182 valence electrons. The molecule has 0 aliphatic rings. The van der Waals surface area contributed by atoms with Gasteiger partial charge >= 0.3 is 6.09 Å². The van der Waals surface area contributed by atoms with Crippen molar-refractivity contribution in [2.75, 3.05) is 16.4 Å². The van der Waals surface area contributed by atoms with Gasteiger partial charge in [-0.05, 0) is 78.9 Å². The highest BCUT2D eigenvalue weighted by Crippen LogP contribution is 2.31. The molecule has 3 rings (SSSR count). The molecular weight excluding hydrogens is 510 g/mol. The quantitative estimate of drug-likeness (QED) is 0.180. The van der Waals surface area contributed by atoms with Crippen molar-refractivity contribution in [2.24, 2.45) is 5.92 Å². The first-order valence-corrected chi connectivity index (χ1v) is 12.0. The highest BCUT2D eigenvalue weighted by atomic mass is 79.9. The first-order chi connectivity index (χ1) is 16.8. The summed E-state index contributed by atoms with van der Waals surface area (Å²) in [6, 6.07) is 20.8. The second kappa shape index (κ2) is 12.6. The molecule has 35 heavy (non-hydrogen) atoms. The van der Waals surface area contributed by atoms with Crippen LogP contribution in [0, 0.1) is 5.92 Å². The van der Waals surface area contributed by atoms with E-state index in [-0.39, 0.29) is 17.6 Å². The molecule has 5 N–H and O–H groups in total. The van der Waals surface area contributed by atoms with E-state index in [1.807, 2.05) is 19.1 Å². The van der Waals surface area contributed by atoms with Gasteiger partial charge in [-0.15, -0.1) is 0 Å². The number of para-hydroxylation sites is 2. The zero-order valence-electron chi connectivity index (χ0n) is 19.3. The third-order valence-electron chi connectivity index (χ3n) is 5.34. The molecule has 3 aromatic carbocycles. The van der Waals surface area contributed by atoms with Crippen LogP contribution in [0.5, 0.6) is 5.75 Å². The van der Waals surface area contributed by atoms with Gasteiger partial charge in [-0.3, -0.25) is 10.1 Å². The predicted molar refractivity (Wildman–Crippen MR) is 142 cm³/mol. The van der Waals surface area contributed by atoms with Crippen molar-refractivity contribution < 1.29 is 19.4 Å². The van der Waals surface area contributed by atoms with Crippen molar-refractivity contribution in [3.63, 3.8) is 0 Å². The van der Waals surface area contributed by atoms with Gasteiger partial charge in [0.25, 0.3) is 0 Å². The van der Waals surface area contributed by atoms with Gasteiger partial charge in [0.05, 0.1) is 11.4 Å². The number of halogens is 1. The Labute approximate surface area is 213 Å². The monoisotopic (exact) mass is 537 g/mol. The fourth-order valence-electron chi connectivity index (χ4n) is 3.46. The number of ether oxygens (including phenoxy) is 1. The Hall–Kier alpha value is -3.78. The van der Waals surface area contributed by atoms with E-state index in [4.69, 9.17) is 10.5 Å². The van der Waals surface area contributed by atoms with E-state index in [2.05, 4.69) is 26.6 Å². The third-order valence-corrected chi connectivity index (χ3v) is 5.87. The second-order valence-corrected chi connectivity index (χ2v) is 9.00. The first kappa shape index (κ1) is 25.8. The van der Waals surface area contributed by atoms with E-state index >= 15 is 0 Å². The number of phenols is 1. The van der Waals surface area contributed by atoms with Gasteiger partial charge in [-0.2, -0.15) is 0 Å². The average Bonchev–Trinajstić information content (AvgIpc) is 2.84. The minimum Gasteiger partial charge on any atom is -0.508 e. The molecular formula is C27H28BrN3O4. The molecule has 0 aliphatic carbocycles. The molecule has 0 spiro atoms. The van der Waals surface area contributed by atoms with E-state index in [0.29, 0.717) is 29.9 Å². The molecule has 3 aromatic rings. The molecule has 8 heteroatoms. The molecule has 7 nitrogen and oxygen atoms in total. The van der Waals surface area contributed by atoms with E-state index in [0.717, 1.165) is 10.0 Å². The number of rotatable bonds is 9. The molecule has 2 amide bonds. The number of aromatic hydroxyl groups is 1. The number of nitrogens with one attached hydrogen (secondary N) is 2. The lowest BCUT2D eigenvalue weighted by Crippen LogP contribution is -2.22. The van der Waals surface area contributed by atoms with Crippen LogP contribution in [0.2, 0.25) is 0 Å². The Morgan fingerprint density at radius 3 is 2.40 bits per heavy atom. The summed E-state index contributed by atoms with van der Waals surface area (Å²) in [4.78, 5) is 24.8. The summed E-state index contributed by atoms with van der Waals surface area (Å²) < 4.78 is 6.69. The van der Waals surface area contributed by atoms with Crippen molar-refractivity contribution >= 4 is 45.0 Å². The Balaban J connectivity index is 1.60. The van der Waals surface area contributed by atoms with Crippen molar-refractivity contribution in [3.05, 3.63) is 95.0 Å². The average molecular weight is 538 g/mol. The fraction of sp³-hybridized carbons (Fsp3) is 0.185. The van der Waals surface area contributed by atoms with Gasteiger partial charge < -0.3 is 20.9 Å². The molecule has 0 unspecified atom stereocenters. The summed E-state index contributed by atoms with van der Waals surface area (Å²) in [7, 11) is 0. The number of nitrogen functional groups attached to an aromatic ring is 1. The topological polar surface area (TPSA) is 114 Å². The van der Waals surface area contributed by atoms with Crippen molar-refractivity contribution in [2.45, 2.75) is 25.9 Å². The summed E-state index contributed by atoms with van der Waals surface area (Å²) in [5.74, 6) is -0.198. The smallest absolute Gasteiger partial charge is 0.412 e. The van der Waals surface area contributed by atoms with E-state index in [1.165, 1.54) is 6.08 Å². The molecule has 0 aliphatic heterocycles. The van der Waals surface area contributed by atoms with Crippen LogP contribution >= 0.6 is 15.9 Å². The van der Waals surface area contributed by atoms with Crippen molar-refractivity contribution in [3.8, 4) is 5.75 Å². The van der Waals surface area contributed by atoms with Gasteiger partial charge in [-0.1, -0.05) is 53.2 Å². The van der Waals surface area contributed by atoms with E-state index in [9.17, 15) is 14.7 Å². The van der Waals surface area contributed by atoms with Crippen molar-refractivity contribution in [1.29, 1.82) is 0 Å². The normalized spacial score (nSPS) is 12.6. The number of anilines is 3. The number of hydrogen-bond acceptors (Lipinski definition) is 5. The molecule has 0 saturated carbocycles. The molecule has 0 heterocycles. The molecule has 2 atom stereocenters. The van der Waals surface area contributed by atoms with Crippen LogP contribution in [-0.2, 0) is 9.53 Å². The number of carbonyl (C=O) groups excluding carboxylic acids is 2. The number of allylic oxidation sites excluding steroid dienone is 1. The molecule has 0 fully saturated rings. The van der Waals surface area contributed by atoms with Crippen LogP contribution in [0.3, 0.4) is 0 Å². The van der Waals surface area contributed by atoms with Gasteiger partial charge in [0.2, 0.25) is 5.91 Å². The maximum Gasteiger partial charge on any atom is 0.412 e. The van der Waals surface area contributed by atoms with Crippen molar-refractivity contribution in [1.82, 2.24) is 0 Å². The summed E-state index contributed by atoms with van der Waals surface area (Å²) >= 11 is 3.37.